The van der Waals surface area contributed by atoms with E-state index in [9.17, 15) is 0 Å². The molecule has 1 aromatic heterocycles. The van der Waals surface area contributed by atoms with Crippen LogP contribution in [0.2, 0.25) is 0 Å². The molecule has 0 radical (unpaired) electrons. The zero-order valence-electron chi connectivity index (χ0n) is 6.99. The van der Waals surface area contributed by atoms with E-state index in [0.717, 1.165) is 17.6 Å². The number of aromatic nitrogens is 3. The third kappa shape index (κ3) is 0.967. The third-order valence-electron chi connectivity index (χ3n) is 1.96. The summed E-state index contributed by atoms with van der Waals surface area (Å²) >= 11 is 0. The molecular formula is C8H11N4+. The monoisotopic (exact) mass is 163 g/mol. The van der Waals surface area contributed by atoms with Gasteiger partial charge in [-0.3, -0.25) is 0 Å². The standard InChI is InChI=1S/C8H10N4/c1-12-8-3-2-6(5-9)4-7(8)10-11-12/h2-4H,5,9H2,1H3/p+1. The van der Waals surface area contributed by atoms with Crippen molar-refractivity contribution >= 4 is 11.0 Å². The Morgan fingerprint density at radius 3 is 3.08 bits per heavy atom. The van der Waals surface area contributed by atoms with Gasteiger partial charge in [0.25, 0.3) is 0 Å². The van der Waals surface area contributed by atoms with E-state index in [4.69, 9.17) is 0 Å². The van der Waals surface area contributed by atoms with Crippen LogP contribution in [0.1, 0.15) is 5.56 Å². The lowest BCUT2D eigenvalue weighted by molar-refractivity contribution is -0.386. The first-order valence-electron chi connectivity index (χ1n) is 3.89. The molecule has 0 unspecified atom stereocenters. The molecule has 0 saturated carbocycles. The number of nitrogens with zero attached hydrogens (tertiary/aromatic N) is 3. The van der Waals surface area contributed by atoms with Gasteiger partial charge in [-0.25, -0.2) is 4.68 Å². The van der Waals surface area contributed by atoms with Gasteiger partial charge in [-0.2, -0.15) is 0 Å². The molecule has 0 amide bonds. The number of fused-ring (bicyclic) bond motifs is 1. The Morgan fingerprint density at radius 1 is 1.50 bits per heavy atom. The predicted molar refractivity (Wildman–Crippen MR) is 45.1 cm³/mol. The van der Waals surface area contributed by atoms with Gasteiger partial charge in [0.2, 0.25) is 0 Å². The second kappa shape index (κ2) is 2.57. The van der Waals surface area contributed by atoms with Crippen LogP contribution >= 0.6 is 0 Å². The molecule has 0 saturated heterocycles. The lowest BCUT2D eigenvalue weighted by atomic mass is 10.2. The van der Waals surface area contributed by atoms with E-state index >= 15 is 0 Å². The highest BCUT2D eigenvalue weighted by atomic mass is 15.4. The zero-order valence-corrected chi connectivity index (χ0v) is 6.99. The van der Waals surface area contributed by atoms with Crippen LogP contribution in [0.5, 0.6) is 0 Å². The Hall–Kier alpha value is -1.42. The first-order chi connectivity index (χ1) is 5.81. The molecule has 0 spiro atoms. The molecule has 62 valence electrons. The van der Waals surface area contributed by atoms with Crippen LogP contribution in [0.25, 0.3) is 11.0 Å². The van der Waals surface area contributed by atoms with Crippen molar-refractivity contribution < 1.29 is 5.73 Å². The van der Waals surface area contributed by atoms with Crippen molar-refractivity contribution in [2.24, 2.45) is 7.05 Å². The van der Waals surface area contributed by atoms with E-state index in [1.165, 1.54) is 5.56 Å². The van der Waals surface area contributed by atoms with Crippen molar-refractivity contribution in [3.8, 4) is 0 Å². The van der Waals surface area contributed by atoms with Crippen LogP contribution < -0.4 is 5.73 Å². The largest absolute Gasteiger partial charge is 0.354 e. The summed E-state index contributed by atoms with van der Waals surface area (Å²) in [4.78, 5) is 0. The van der Waals surface area contributed by atoms with Crippen LogP contribution in [-0.2, 0) is 13.6 Å². The highest BCUT2D eigenvalue weighted by molar-refractivity contribution is 5.74. The normalized spacial score (nSPS) is 10.8. The minimum atomic E-state index is 0.798. The molecule has 0 aliphatic heterocycles. The van der Waals surface area contributed by atoms with Gasteiger partial charge in [0, 0.05) is 12.6 Å². The molecule has 4 heteroatoms. The van der Waals surface area contributed by atoms with Crippen LogP contribution in [0.3, 0.4) is 0 Å². The number of hydrogen-bond acceptors (Lipinski definition) is 2. The van der Waals surface area contributed by atoms with Crippen LogP contribution in [0, 0.1) is 0 Å². The molecule has 1 aromatic carbocycles. The maximum absolute atomic E-state index is 4.01. The van der Waals surface area contributed by atoms with Gasteiger partial charge in [0.05, 0.1) is 12.1 Å². The van der Waals surface area contributed by atoms with E-state index in [-0.39, 0.29) is 0 Å². The Morgan fingerprint density at radius 2 is 2.33 bits per heavy atom. The molecule has 0 atom stereocenters. The molecule has 4 nitrogen and oxygen atoms in total. The van der Waals surface area contributed by atoms with E-state index in [1.807, 2.05) is 19.2 Å². The summed E-state index contributed by atoms with van der Waals surface area (Å²) in [5, 5.41) is 7.93. The van der Waals surface area contributed by atoms with Crippen molar-refractivity contribution in [3.05, 3.63) is 23.8 Å². The molecule has 0 bridgehead atoms. The van der Waals surface area contributed by atoms with Gasteiger partial charge < -0.3 is 5.73 Å². The lowest BCUT2D eigenvalue weighted by Crippen LogP contribution is -2.47. The van der Waals surface area contributed by atoms with Crippen molar-refractivity contribution in [1.29, 1.82) is 0 Å². The molecule has 0 aliphatic carbocycles. The third-order valence-corrected chi connectivity index (χ3v) is 1.96. The summed E-state index contributed by atoms with van der Waals surface area (Å²) in [5.74, 6) is 0. The summed E-state index contributed by atoms with van der Waals surface area (Å²) in [7, 11) is 1.89. The fraction of sp³-hybridized carbons (Fsp3) is 0.250. The number of rotatable bonds is 1. The fourth-order valence-electron chi connectivity index (χ4n) is 1.24. The summed E-state index contributed by atoms with van der Waals surface area (Å²) in [5.41, 5.74) is 7.02. The maximum atomic E-state index is 4.01. The zero-order chi connectivity index (χ0) is 8.55. The van der Waals surface area contributed by atoms with Gasteiger partial charge in [-0.1, -0.05) is 11.3 Å². The van der Waals surface area contributed by atoms with Crippen molar-refractivity contribution in [1.82, 2.24) is 15.0 Å². The van der Waals surface area contributed by atoms with Crippen molar-refractivity contribution in [2.75, 3.05) is 0 Å². The number of hydrogen-bond donors (Lipinski definition) is 1. The molecule has 12 heavy (non-hydrogen) atoms. The summed E-state index contributed by atoms with van der Waals surface area (Å²) < 4.78 is 1.77. The fourth-order valence-corrected chi connectivity index (χ4v) is 1.24. The van der Waals surface area contributed by atoms with Gasteiger partial charge in [-0.05, 0) is 12.1 Å². The van der Waals surface area contributed by atoms with E-state index in [0.29, 0.717) is 0 Å². The van der Waals surface area contributed by atoms with Crippen molar-refractivity contribution in [3.63, 3.8) is 0 Å². The maximum Gasteiger partial charge on any atom is 0.113 e. The molecule has 0 aliphatic rings. The van der Waals surface area contributed by atoms with E-state index in [2.05, 4.69) is 22.1 Å². The Balaban J connectivity index is 2.69. The van der Waals surface area contributed by atoms with E-state index in [1.54, 1.807) is 4.68 Å². The van der Waals surface area contributed by atoms with Gasteiger partial charge >= 0.3 is 0 Å². The summed E-state index contributed by atoms with van der Waals surface area (Å²) in [6, 6.07) is 6.10. The van der Waals surface area contributed by atoms with Gasteiger partial charge in [0.15, 0.2) is 0 Å². The molecule has 3 N–H and O–H groups in total. The summed E-state index contributed by atoms with van der Waals surface area (Å²) in [6.07, 6.45) is 0. The number of aryl methyl sites for hydroxylation is 1. The second-order valence-electron chi connectivity index (χ2n) is 2.79. The van der Waals surface area contributed by atoms with E-state index < -0.39 is 0 Å². The molecule has 2 rings (SSSR count). The van der Waals surface area contributed by atoms with Gasteiger partial charge in [0.1, 0.15) is 5.52 Å². The number of benzene rings is 1. The average Bonchev–Trinajstić information content (AvgIpc) is 2.47. The Kier molecular flexibility index (Phi) is 1.55. The highest BCUT2D eigenvalue weighted by Crippen LogP contribution is 2.11. The molecule has 1 heterocycles. The predicted octanol–water partition coefficient (Wildman–Crippen LogP) is -0.290. The van der Waals surface area contributed by atoms with Crippen LogP contribution in [-0.4, -0.2) is 15.0 Å². The van der Waals surface area contributed by atoms with Gasteiger partial charge in [-0.15, -0.1) is 5.10 Å². The lowest BCUT2D eigenvalue weighted by Gasteiger charge is -1.93. The second-order valence-corrected chi connectivity index (χ2v) is 2.79. The highest BCUT2D eigenvalue weighted by Gasteiger charge is 2.01. The smallest absolute Gasteiger partial charge is 0.113 e. The summed E-state index contributed by atoms with van der Waals surface area (Å²) in [6.45, 7) is 0.798. The minimum absolute atomic E-state index is 0.798. The molecule has 2 aromatic rings. The number of quaternary nitrogens is 1. The Bertz CT molecular complexity index is 404. The molecular weight excluding hydrogens is 152 g/mol. The Labute approximate surface area is 70.0 Å². The minimum Gasteiger partial charge on any atom is -0.354 e. The quantitative estimate of drug-likeness (QED) is 0.628. The van der Waals surface area contributed by atoms with Crippen LogP contribution in [0.15, 0.2) is 18.2 Å². The van der Waals surface area contributed by atoms with Crippen molar-refractivity contribution in [2.45, 2.75) is 6.54 Å². The topological polar surface area (TPSA) is 58.4 Å². The van der Waals surface area contributed by atoms with Crippen LogP contribution in [0.4, 0.5) is 0 Å². The first kappa shape index (κ1) is 7.24. The SMILES string of the molecule is Cn1nnc2cc(C[NH3+])ccc21. The average molecular weight is 163 g/mol. The first-order valence-corrected chi connectivity index (χ1v) is 3.89. The molecule has 0 fully saturated rings.